The number of nitrogens with one attached hydrogen (secondary N) is 1. The van der Waals surface area contributed by atoms with Crippen LogP contribution in [0.1, 0.15) is 36.6 Å². The van der Waals surface area contributed by atoms with Gasteiger partial charge in [0.25, 0.3) is 0 Å². The van der Waals surface area contributed by atoms with Gasteiger partial charge >= 0.3 is 0 Å². The summed E-state index contributed by atoms with van der Waals surface area (Å²) in [6.45, 7) is 4.01. The van der Waals surface area contributed by atoms with E-state index in [0.717, 1.165) is 47.2 Å². The number of halogens is 1. The SMILES string of the molecule is CCCCc1ccc(CNC(=O)C=CC2Cc3cc(-c4cccc(S(=O)(=O)N5CCOCC5)c4)cc(Cl)c3O2)cn1. The van der Waals surface area contributed by atoms with Crippen LogP contribution >= 0.6 is 11.6 Å². The number of unbranched alkanes of at least 4 members (excludes halogenated alkanes) is 1. The molecule has 3 aromatic rings. The summed E-state index contributed by atoms with van der Waals surface area (Å²) in [6, 6.07) is 14.6. The minimum Gasteiger partial charge on any atom is -0.484 e. The van der Waals surface area contributed by atoms with Crippen molar-refractivity contribution in [2.75, 3.05) is 26.3 Å². The Morgan fingerprint density at radius 1 is 1.15 bits per heavy atom. The van der Waals surface area contributed by atoms with Gasteiger partial charge in [-0.15, -0.1) is 0 Å². The van der Waals surface area contributed by atoms with E-state index in [2.05, 4.69) is 17.2 Å². The first-order chi connectivity index (χ1) is 19.8. The van der Waals surface area contributed by atoms with Crippen LogP contribution in [-0.2, 0) is 38.9 Å². The van der Waals surface area contributed by atoms with Gasteiger partial charge in [-0.25, -0.2) is 8.42 Å². The fourth-order valence-corrected chi connectivity index (χ4v) is 6.64. The van der Waals surface area contributed by atoms with Crippen molar-refractivity contribution in [1.82, 2.24) is 14.6 Å². The van der Waals surface area contributed by atoms with Gasteiger partial charge in [-0.1, -0.05) is 43.1 Å². The Morgan fingerprint density at radius 3 is 2.73 bits per heavy atom. The molecule has 1 saturated heterocycles. The molecule has 8 nitrogen and oxygen atoms in total. The molecule has 1 fully saturated rings. The summed E-state index contributed by atoms with van der Waals surface area (Å²) in [6.07, 6.45) is 8.42. The molecule has 2 aliphatic rings. The molecule has 1 amide bonds. The van der Waals surface area contributed by atoms with Crippen LogP contribution in [-0.4, -0.2) is 56.0 Å². The smallest absolute Gasteiger partial charge is 0.244 e. The van der Waals surface area contributed by atoms with Crippen LogP contribution in [0.3, 0.4) is 0 Å². The third-order valence-electron chi connectivity index (χ3n) is 7.19. The maximum absolute atomic E-state index is 13.2. The lowest BCUT2D eigenvalue weighted by molar-refractivity contribution is -0.116. The molecule has 0 spiro atoms. The zero-order valence-corrected chi connectivity index (χ0v) is 24.6. The highest BCUT2D eigenvalue weighted by Crippen LogP contribution is 2.40. The number of aryl methyl sites for hydroxylation is 1. The van der Waals surface area contributed by atoms with E-state index in [1.807, 2.05) is 24.3 Å². The molecule has 5 rings (SSSR count). The molecule has 1 aromatic heterocycles. The van der Waals surface area contributed by atoms with E-state index < -0.39 is 10.0 Å². The van der Waals surface area contributed by atoms with Crippen molar-refractivity contribution in [1.29, 1.82) is 0 Å². The first kappa shape index (κ1) is 29.3. The van der Waals surface area contributed by atoms with E-state index in [9.17, 15) is 13.2 Å². The quantitative estimate of drug-likeness (QED) is 0.333. The second-order valence-electron chi connectivity index (χ2n) is 10.2. The van der Waals surface area contributed by atoms with Gasteiger partial charge in [-0.2, -0.15) is 4.31 Å². The number of benzene rings is 2. The maximum Gasteiger partial charge on any atom is 0.244 e. The fourth-order valence-electron chi connectivity index (χ4n) is 4.90. The Bertz CT molecular complexity index is 1520. The first-order valence-electron chi connectivity index (χ1n) is 13.9. The lowest BCUT2D eigenvalue weighted by atomic mass is 10.0. The van der Waals surface area contributed by atoms with Crippen molar-refractivity contribution in [2.24, 2.45) is 0 Å². The van der Waals surface area contributed by atoms with Gasteiger partial charge in [-0.3, -0.25) is 9.78 Å². The second-order valence-corrected chi connectivity index (χ2v) is 12.5. The second kappa shape index (κ2) is 13.2. The fraction of sp³-hybridized carbons (Fsp3) is 0.355. The Labute approximate surface area is 246 Å². The molecule has 216 valence electrons. The number of pyridine rings is 1. The van der Waals surface area contributed by atoms with Crippen LogP contribution in [0.2, 0.25) is 5.02 Å². The molecule has 0 saturated carbocycles. The van der Waals surface area contributed by atoms with Crippen LogP contribution in [0.25, 0.3) is 11.1 Å². The van der Waals surface area contributed by atoms with Gasteiger partial charge in [0, 0.05) is 49.6 Å². The van der Waals surface area contributed by atoms with Crippen LogP contribution in [0, 0.1) is 0 Å². The summed E-state index contributed by atoms with van der Waals surface area (Å²) in [7, 11) is -3.62. The number of fused-ring (bicyclic) bond motifs is 1. The predicted octanol–water partition coefficient (Wildman–Crippen LogP) is 4.94. The Hall–Kier alpha value is -3.24. The van der Waals surface area contributed by atoms with E-state index in [-0.39, 0.29) is 16.9 Å². The molecule has 1 unspecified atom stereocenters. The number of nitrogens with zero attached hydrogens (tertiary/aromatic N) is 2. The van der Waals surface area contributed by atoms with Crippen molar-refractivity contribution >= 4 is 27.5 Å². The molecule has 0 radical (unpaired) electrons. The molecular weight excluding hydrogens is 562 g/mol. The zero-order valence-electron chi connectivity index (χ0n) is 23.0. The summed E-state index contributed by atoms with van der Waals surface area (Å²) in [5, 5.41) is 3.32. The summed E-state index contributed by atoms with van der Waals surface area (Å²) in [5.41, 5.74) is 4.45. The lowest BCUT2D eigenvalue weighted by Crippen LogP contribution is -2.40. The van der Waals surface area contributed by atoms with Crippen LogP contribution < -0.4 is 10.1 Å². The van der Waals surface area contributed by atoms with Gasteiger partial charge in [0.05, 0.1) is 23.1 Å². The standard InChI is InChI=1S/C31H34ClN3O5S/c1-2-3-6-26-9-8-22(20-33-26)21-34-30(36)11-10-27-17-25-16-24(19-29(32)31(25)40-27)23-5-4-7-28(18-23)41(37,38)35-12-14-39-15-13-35/h4-5,7-11,16,18-20,27H,2-3,6,12-15,17,21H2,1H3,(H,34,36). The van der Waals surface area contributed by atoms with Crippen molar-refractivity contribution in [3.05, 3.63) is 88.7 Å². The third kappa shape index (κ3) is 7.16. The number of carbonyl (C=O) groups excluding carboxylic acids is 1. The number of hydrogen-bond acceptors (Lipinski definition) is 6. The highest BCUT2D eigenvalue weighted by molar-refractivity contribution is 7.89. The first-order valence-corrected chi connectivity index (χ1v) is 15.7. The van der Waals surface area contributed by atoms with Gasteiger partial charge in [-0.05, 0) is 65.9 Å². The number of aromatic nitrogens is 1. The highest BCUT2D eigenvalue weighted by atomic mass is 35.5. The summed E-state index contributed by atoms with van der Waals surface area (Å²) in [5.74, 6) is 0.362. The van der Waals surface area contributed by atoms with E-state index in [1.165, 1.54) is 10.4 Å². The van der Waals surface area contributed by atoms with E-state index in [1.54, 1.807) is 36.5 Å². The van der Waals surface area contributed by atoms with Crippen LogP contribution in [0.4, 0.5) is 0 Å². The average molecular weight is 596 g/mol. The average Bonchev–Trinajstić information content (AvgIpc) is 3.43. The molecule has 1 N–H and O–H groups in total. The molecule has 41 heavy (non-hydrogen) atoms. The van der Waals surface area contributed by atoms with Crippen molar-refractivity contribution < 1.29 is 22.7 Å². The van der Waals surface area contributed by atoms with Crippen molar-refractivity contribution in [2.45, 2.75) is 50.2 Å². The number of ether oxygens (including phenoxy) is 2. The molecule has 2 aliphatic heterocycles. The molecule has 3 heterocycles. The summed E-state index contributed by atoms with van der Waals surface area (Å²) < 4.78 is 39.1. The molecule has 0 bridgehead atoms. The van der Waals surface area contributed by atoms with E-state index >= 15 is 0 Å². The monoisotopic (exact) mass is 595 g/mol. The number of morpholine rings is 1. The minimum atomic E-state index is -3.62. The van der Waals surface area contributed by atoms with Gasteiger partial charge in [0.1, 0.15) is 11.9 Å². The number of rotatable bonds is 10. The Balaban J connectivity index is 1.21. The number of carbonyl (C=O) groups is 1. The third-order valence-corrected chi connectivity index (χ3v) is 9.36. The number of hydrogen-bond donors (Lipinski definition) is 1. The van der Waals surface area contributed by atoms with E-state index in [4.69, 9.17) is 21.1 Å². The minimum absolute atomic E-state index is 0.218. The normalized spacial score (nSPS) is 17.4. The van der Waals surface area contributed by atoms with Crippen LogP contribution in [0.5, 0.6) is 5.75 Å². The molecule has 1 atom stereocenters. The van der Waals surface area contributed by atoms with Gasteiger partial charge < -0.3 is 14.8 Å². The Morgan fingerprint density at radius 2 is 1.98 bits per heavy atom. The van der Waals surface area contributed by atoms with Crippen LogP contribution in [0.15, 0.2) is 71.8 Å². The van der Waals surface area contributed by atoms with Gasteiger partial charge in [0.2, 0.25) is 15.9 Å². The topological polar surface area (TPSA) is 97.8 Å². The Kier molecular flexibility index (Phi) is 9.39. The van der Waals surface area contributed by atoms with Crippen molar-refractivity contribution in [3.63, 3.8) is 0 Å². The number of sulfonamides is 1. The van der Waals surface area contributed by atoms with Crippen molar-refractivity contribution in [3.8, 4) is 16.9 Å². The predicted molar refractivity (Wildman–Crippen MR) is 158 cm³/mol. The van der Waals surface area contributed by atoms with E-state index in [0.29, 0.717) is 50.0 Å². The lowest BCUT2D eigenvalue weighted by Gasteiger charge is -2.26. The zero-order chi connectivity index (χ0) is 28.8. The maximum atomic E-state index is 13.2. The molecule has 10 heteroatoms. The number of amides is 1. The highest BCUT2D eigenvalue weighted by Gasteiger charge is 2.28. The summed E-state index contributed by atoms with van der Waals surface area (Å²) in [4.78, 5) is 17.1. The summed E-state index contributed by atoms with van der Waals surface area (Å²) >= 11 is 6.59. The molecule has 0 aliphatic carbocycles. The van der Waals surface area contributed by atoms with Gasteiger partial charge in [0.15, 0.2) is 0 Å². The molecule has 2 aromatic carbocycles. The molecular formula is C31H34ClN3O5S. The largest absolute Gasteiger partial charge is 0.484 e.